The van der Waals surface area contributed by atoms with Gasteiger partial charge < -0.3 is 0 Å². The van der Waals surface area contributed by atoms with Crippen LogP contribution in [0.4, 0.5) is 8.78 Å². The Balaban J connectivity index is 2.08. The first-order chi connectivity index (χ1) is 14.9. The quantitative estimate of drug-likeness (QED) is 0.249. The number of imidazole rings is 1. The van der Waals surface area contributed by atoms with E-state index < -0.39 is 0 Å². The van der Waals surface area contributed by atoms with Gasteiger partial charge in [0.25, 0.3) is 0 Å². The van der Waals surface area contributed by atoms with Crippen LogP contribution in [0.15, 0.2) is 48.7 Å². The molecule has 0 aliphatic carbocycles. The number of fused-ring (bicyclic) bond motifs is 6. The number of hydrogen-bond acceptors (Lipinski definition) is 1. The van der Waals surface area contributed by atoms with Crippen molar-refractivity contribution in [2.45, 2.75) is 51.5 Å². The average molecular weight is 416 g/mol. The zero-order valence-corrected chi connectivity index (χ0v) is 18.1. The van der Waals surface area contributed by atoms with Crippen molar-refractivity contribution in [1.29, 1.82) is 0 Å². The number of benzene rings is 2. The monoisotopic (exact) mass is 416 g/mol. The Bertz CT molecular complexity index is 1570. The molecule has 6 rings (SSSR count). The van der Waals surface area contributed by atoms with Crippen molar-refractivity contribution in [3.05, 3.63) is 65.9 Å². The number of nitrogens with zero attached hydrogens (tertiary/aromatic N) is 3. The number of halogens is 2. The van der Waals surface area contributed by atoms with Crippen LogP contribution in [-0.2, 0) is 11.0 Å². The Morgan fingerprint density at radius 3 is 2.45 bits per heavy atom. The molecule has 0 bridgehead atoms. The summed E-state index contributed by atoms with van der Waals surface area (Å²) >= 11 is 0. The highest BCUT2D eigenvalue weighted by Crippen LogP contribution is 2.51. The van der Waals surface area contributed by atoms with Crippen molar-refractivity contribution in [2.75, 3.05) is 0 Å². The molecule has 0 radical (unpaired) electrons. The van der Waals surface area contributed by atoms with Crippen molar-refractivity contribution >= 4 is 38.5 Å². The summed E-state index contributed by atoms with van der Waals surface area (Å²) in [6, 6.07) is 12.0. The van der Waals surface area contributed by atoms with Gasteiger partial charge in [0, 0.05) is 16.2 Å². The molecule has 5 aromatic rings. The summed E-state index contributed by atoms with van der Waals surface area (Å²) in [4.78, 5) is 4.80. The molecule has 0 saturated carbocycles. The fourth-order valence-corrected chi connectivity index (χ4v) is 6.06. The summed E-state index contributed by atoms with van der Waals surface area (Å²) in [7, 11) is 0. The first kappa shape index (κ1) is 18.7. The van der Waals surface area contributed by atoms with Gasteiger partial charge in [0.2, 0.25) is 5.65 Å². The van der Waals surface area contributed by atoms with Crippen molar-refractivity contribution in [3.63, 3.8) is 0 Å². The number of hydrogen-bond donors (Lipinski definition) is 0. The van der Waals surface area contributed by atoms with E-state index in [1.165, 1.54) is 12.1 Å². The third-order valence-corrected chi connectivity index (χ3v) is 8.13. The molecule has 2 aromatic carbocycles. The molecule has 0 fully saturated rings. The van der Waals surface area contributed by atoms with E-state index in [1.54, 1.807) is 18.2 Å². The van der Waals surface area contributed by atoms with Gasteiger partial charge in [0.05, 0.1) is 10.9 Å². The third-order valence-electron chi connectivity index (χ3n) is 8.13. The van der Waals surface area contributed by atoms with Crippen LogP contribution >= 0.6 is 0 Å². The van der Waals surface area contributed by atoms with Gasteiger partial charge in [0.15, 0.2) is 5.52 Å². The lowest BCUT2D eigenvalue weighted by atomic mass is 9.62. The normalized spacial score (nSPS) is 23.0. The lowest BCUT2D eigenvalue weighted by molar-refractivity contribution is -0.730. The van der Waals surface area contributed by atoms with E-state index in [1.807, 2.05) is 12.3 Å². The molecule has 1 aliphatic rings. The van der Waals surface area contributed by atoms with Crippen LogP contribution in [0.25, 0.3) is 38.5 Å². The topological polar surface area (TPSA) is 21.2 Å². The van der Waals surface area contributed by atoms with Crippen molar-refractivity contribution < 1.29 is 13.3 Å². The van der Waals surface area contributed by atoms with Crippen LogP contribution in [0.1, 0.15) is 46.1 Å². The average Bonchev–Trinajstić information content (AvgIpc) is 3.12. The summed E-state index contributed by atoms with van der Waals surface area (Å²) in [6.07, 6.45) is 3.53. The molecule has 1 aliphatic heterocycles. The van der Waals surface area contributed by atoms with E-state index in [9.17, 15) is 4.39 Å². The Labute approximate surface area is 178 Å². The first-order valence-corrected chi connectivity index (χ1v) is 10.9. The van der Waals surface area contributed by atoms with Gasteiger partial charge in [0.1, 0.15) is 23.3 Å². The maximum absolute atomic E-state index is 15.1. The molecule has 3 aromatic heterocycles. The molecule has 2 atom stereocenters. The van der Waals surface area contributed by atoms with Crippen LogP contribution in [0.2, 0.25) is 0 Å². The zero-order chi connectivity index (χ0) is 21.7. The Morgan fingerprint density at radius 2 is 1.71 bits per heavy atom. The van der Waals surface area contributed by atoms with Crippen molar-refractivity contribution in [1.82, 2.24) is 9.38 Å². The predicted molar refractivity (Wildman–Crippen MR) is 119 cm³/mol. The van der Waals surface area contributed by atoms with Crippen molar-refractivity contribution in [2.24, 2.45) is 0 Å². The molecule has 4 heterocycles. The van der Waals surface area contributed by atoms with E-state index in [0.29, 0.717) is 0 Å². The van der Waals surface area contributed by atoms with Gasteiger partial charge in [-0.15, -0.1) is 4.98 Å². The predicted octanol–water partition coefficient (Wildman–Crippen LogP) is 6.17. The molecular weight excluding hydrogens is 392 g/mol. The summed E-state index contributed by atoms with van der Waals surface area (Å²) in [6.45, 7) is 8.85. The smallest absolute Gasteiger partial charge is 0.220 e. The summed E-state index contributed by atoms with van der Waals surface area (Å²) in [5, 5.41) is 2.47. The highest BCUT2D eigenvalue weighted by molar-refractivity contribution is 6.14. The molecule has 0 spiro atoms. The minimum Gasteiger partial charge on any atom is -0.220 e. The van der Waals surface area contributed by atoms with Gasteiger partial charge in [-0.05, 0) is 67.8 Å². The Kier molecular flexibility index (Phi) is 3.48. The van der Waals surface area contributed by atoms with Crippen LogP contribution in [0.5, 0.6) is 0 Å². The standard InChI is InChI=1S/C26H24F2N3/c1-5-25(3)19-14-16(28)13-18-17-12-15(27)9-10-20(17)30-21-8-7-11-29-23(21)31(24(30)22(18)19)26(25,4)6-2/h7-14H,5-6H2,1-4H3/q+1. The number of pyridine rings is 2. The summed E-state index contributed by atoms with van der Waals surface area (Å²) in [5.74, 6) is -0.603. The Morgan fingerprint density at radius 1 is 0.935 bits per heavy atom. The van der Waals surface area contributed by atoms with Crippen LogP contribution in [0, 0.1) is 11.6 Å². The van der Waals surface area contributed by atoms with Gasteiger partial charge in [-0.2, -0.15) is 0 Å². The lowest BCUT2D eigenvalue weighted by Gasteiger charge is -2.47. The van der Waals surface area contributed by atoms with E-state index in [4.69, 9.17) is 4.98 Å². The second-order valence-electron chi connectivity index (χ2n) is 9.19. The van der Waals surface area contributed by atoms with E-state index in [0.717, 1.165) is 56.9 Å². The minimum atomic E-state index is -0.326. The number of rotatable bonds is 2. The minimum absolute atomic E-state index is 0.279. The molecule has 2 unspecified atom stereocenters. The molecule has 156 valence electrons. The van der Waals surface area contributed by atoms with E-state index in [2.05, 4.69) is 42.7 Å². The molecular formula is C26H24F2N3+. The van der Waals surface area contributed by atoms with E-state index >= 15 is 4.39 Å². The van der Waals surface area contributed by atoms with E-state index in [-0.39, 0.29) is 22.6 Å². The van der Waals surface area contributed by atoms with Gasteiger partial charge in [-0.25, -0.2) is 17.7 Å². The molecule has 0 N–H and O–H groups in total. The van der Waals surface area contributed by atoms with Crippen LogP contribution in [0.3, 0.4) is 0 Å². The second-order valence-corrected chi connectivity index (χ2v) is 9.19. The van der Waals surface area contributed by atoms with Crippen LogP contribution < -0.4 is 4.57 Å². The van der Waals surface area contributed by atoms with Crippen LogP contribution in [-0.4, -0.2) is 9.38 Å². The zero-order valence-electron chi connectivity index (χ0n) is 18.1. The highest BCUT2D eigenvalue weighted by Gasteiger charge is 2.54. The first-order valence-electron chi connectivity index (χ1n) is 10.9. The van der Waals surface area contributed by atoms with Gasteiger partial charge in [-0.1, -0.05) is 20.8 Å². The number of aromatic nitrogens is 3. The maximum Gasteiger partial charge on any atom is 0.303 e. The lowest BCUT2D eigenvalue weighted by Crippen LogP contribution is -2.66. The largest absolute Gasteiger partial charge is 0.303 e. The Hall–Kier alpha value is -3.08. The molecule has 0 saturated heterocycles. The van der Waals surface area contributed by atoms with Crippen molar-refractivity contribution in [3.8, 4) is 0 Å². The third kappa shape index (κ3) is 1.98. The maximum atomic E-state index is 15.1. The fourth-order valence-electron chi connectivity index (χ4n) is 6.06. The molecule has 3 nitrogen and oxygen atoms in total. The fraction of sp³-hybridized carbons (Fsp3) is 0.308. The SMILES string of the molecule is CCC1(C)c2cc(F)cc3c4cc(F)ccc4n4c5cccnc5[n+](c4c23)C1(C)CC. The van der Waals surface area contributed by atoms with Gasteiger partial charge >= 0.3 is 5.65 Å². The molecule has 31 heavy (non-hydrogen) atoms. The second kappa shape index (κ2) is 5.78. The summed E-state index contributed by atoms with van der Waals surface area (Å²) < 4.78 is 34.0. The summed E-state index contributed by atoms with van der Waals surface area (Å²) in [5.41, 5.74) is 4.10. The highest BCUT2D eigenvalue weighted by atomic mass is 19.1. The molecule has 0 amide bonds. The molecule has 5 heteroatoms. The van der Waals surface area contributed by atoms with Gasteiger partial charge in [-0.3, -0.25) is 0 Å².